The Balaban J connectivity index is 2.09. The molecule has 5 heteroatoms. The molecule has 1 saturated carbocycles. The number of carboxylic acids is 1. The van der Waals surface area contributed by atoms with E-state index in [-0.39, 0.29) is 11.5 Å². The van der Waals surface area contributed by atoms with Crippen LogP contribution in [0, 0.1) is 6.92 Å². The highest BCUT2D eigenvalue weighted by Gasteiger charge is 2.30. The minimum absolute atomic E-state index is 0.189. The van der Waals surface area contributed by atoms with E-state index in [0.29, 0.717) is 11.5 Å². The van der Waals surface area contributed by atoms with E-state index in [0.717, 1.165) is 41.3 Å². The summed E-state index contributed by atoms with van der Waals surface area (Å²) in [4.78, 5) is 11.7. The van der Waals surface area contributed by atoms with Crippen molar-refractivity contribution in [2.45, 2.75) is 38.5 Å². The minimum Gasteiger partial charge on any atom is -0.477 e. The number of carbonyl (C=O) groups is 1. The van der Waals surface area contributed by atoms with Gasteiger partial charge in [0.2, 0.25) is 0 Å². The van der Waals surface area contributed by atoms with Crippen molar-refractivity contribution in [1.29, 1.82) is 0 Å². The van der Waals surface area contributed by atoms with Crippen LogP contribution in [-0.2, 0) is 0 Å². The maximum Gasteiger partial charge on any atom is 0.341 e. The molecule has 1 fully saturated rings. The van der Waals surface area contributed by atoms with Gasteiger partial charge in [0.05, 0.1) is 0 Å². The molecular weight excluding hydrogens is 334 g/mol. The van der Waals surface area contributed by atoms with E-state index in [1.165, 1.54) is 0 Å². The molecule has 0 saturated heterocycles. The third-order valence-corrected chi connectivity index (χ3v) is 4.98. The monoisotopic (exact) mass is 349 g/mol. The lowest BCUT2D eigenvalue weighted by molar-refractivity contribution is 0.0694. The van der Waals surface area contributed by atoms with Crippen LogP contribution in [0.4, 0.5) is 0 Å². The van der Waals surface area contributed by atoms with Crippen LogP contribution in [0.1, 0.15) is 53.3 Å². The molecule has 0 atom stereocenters. The van der Waals surface area contributed by atoms with Crippen LogP contribution in [0.2, 0.25) is 0 Å². The van der Waals surface area contributed by atoms with Crippen LogP contribution in [-0.4, -0.2) is 16.2 Å². The van der Waals surface area contributed by atoms with Gasteiger partial charge < -0.3 is 9.63 Å². The second-order valence-electron chi connectivity index (χ2n) is 5.52. The smallest absolute Gasteiger partial charge is 0.341 e. The molecule has 0 amide bonds. The SMILES string of the molecule is Cc1cc(-c2noc(C3CCCC3)c2C(=O)O)ccc1Br. The molecule has 0 aliphatic heterocycles. The zero-order valence-corrected chi connectivity index (χ0v) is 13.3. The van der Waals surface area contributed by atoms with E-state index in [4.69, 9.17) is 4.52 Å². The van der Waals surface area contributed by atoms with Gasteiger partial charge in [-0.2, -0.15) is 0 Å². The molecule has 21 heavy (non-hydrogen) atoms. The number of halogens is 1. The fourth-order valence-corrected chi connectivity index (χ4v) is 3.21. The van der Waals surface area contributed by atoms with Crippen LogP contribution in [0.25, 0.3) is 11.3 Å². The van der Waals surface area contributed by atoms with Crippen molar-refractivity contribution in [3.63, 3.8) is 0 Å². The first-order chi connectivity index (χ1) is 10.1. The molecule has 110 valence electrons. The third kappa shape index (κ3) is 2.62. The van der Waals surface area contributed by atoms with Crippen molar-refractivity contribution in [2.24, 2.45) is 0 Å². The van der Waals surface area contributed by atoms with Crippen molar-refractivity contribution in [3.8, 4) is 11.3 Å². The molecule has 1 aliphatic carbocycles. The minimum atomic E-state index is -0.964. The van der Waals surface area contributed by atoms with Gasteiger partial charge in [-0.1, -0.05) is 40.0 Å². The summed E-state index contributed by atoms with van der Waals surface area (Å²) in [7, 11) is 0. The highest BCUT2D eigenvalue weighted by atomic mass is 79.9. The average Bonchev–Trinajstić information content (AvgIpc) is 3.09. The second kappa shape index (κ2) is 5.64. The first kappa shape index (κ1) is 14.3. The molecule has 0 unspecified atom stereocenters. The van der Waals surface area contributed by atoms with Crippen LogP contribution >= 0.6 is 15.9 Å². The summed E-state index contributed by atoms with van der Waals surface area (Å²) < 4.78 is 6.41. The molecule has 1 aromatic carbocycles. The molecule has 1 aromatic heterocycles. The Kier molecular flexibility index (Phi) is 3.85. The molecule has 3 rings (SSSR count). The van der Waals surface area contributed by atoms with Gasteiger partial charge in [-0.3, -0.25) is 0 Å². The predicted molar refractivity (Wildman–Crippen MR) is 82.5 cm³/mol. The zero-order chi connectivity index (χ0) is 15.0. The van der Waals surface area contributed by atoms with Crippen LogP contribution in [0.3, 0.4) is 0 Å². The predicted octanol–water partition coefficient (Wildman–Crippen LogP) is 4.77. The number of hydrogen-bond donors (Lipinski definition) is 1. The quantitative estimate of drug-likeness (QED) is 0.866. The van der Waals surface area contributed by atoms with Gasteiger partial charge in [0.1, 0.15) is 11.3 Å². The number of hydrogen-bond acceptors (Lipinski definition) is 3. The summed E-state index contributed by atoms with van der Waals surface area (Å²) in [5.74, 6) is -0.238. The second-order valence-corrected chi connectivity index (χ2v) is 6.38. The molecule has 1 heterocycles. The van der Waals surface area contributed by atoms with Gasteiger partial charge >= 0.3 is 5.97 Å². The number of nitrogens with zero attached hydrogens (tertiary/aromatic N) is 1. The summed E-state index contributed by atoms with van der Waals surface area (Å²) in [6.45, 7) is 1.96. The fraction of sp³-hybridized carbons (Fsp3) is 0.375. The Morgan fingerprint density at radius 2 is 2.10 bits per heavy atom. The van der Waals surface area contributed by atoms with Crippen molar-refractivity contribution < 1.29 is 14.4 Å². The summed E-state index contributed by atoms with van der Waals surface area (Å²) in [5, 5.41) is 13.6. The first-order valence-electron chi connectivity index (χ1n) is 7.07. The van der Waals surface area contributed by atoms with E-state index in [9.17, 15) is 9.90 Å². The Morgan fingerprint density at radius 1 is 1.38 bits per heavy atom. The molecule has 0 spiro atoms. The Labute approximate surface area is 131 Å². The van der Waals surface area contributed by atoms with Gasteiger partial charge in [-0.05, 0) is 37.5 Å². The number of benzene rings is 1. The van der Waals surface area contributed by atoms with Crippen LogP contribution in [0.15, 0.2) is 27.2 Å². The first-order valence-corrected chi connectivity index (χ1v) is 7.86. The fourth-order valence-electron chi connectivity index (χ4n) is 2.97. The van der Waals surface area contributed by atoms with Crippen molar-refractivity contribution in [3.05, 3.63) is 39.6 Å². The van der Waals surface area contributed by atoms with E-state index >= 15 is 0 Å². The average molecular weight is 350 g/mol. The van der Waals surface area contributed by atoms with Gasteiger partial charge in [-0.15, -0.1) is 0 Å². The lowest BCUT2D eigenvalue weighted by Gasteiger charge is -2.06. The molecule has 4 nitrogen and oxygen atoms in total. The standard InChI is InChI=1S/C16H16BrNO3/c1-9-8-11(6-7-12(9)17)14-13(16(19)20)15(21-18-14)10-4-2-3-5-10/h6-8,10H,2-5H2,1H3,(H,19,20). The lowest BCUT2D eigenvalue weighted by atomic mass is 9.97. The van der Waals surface area contributed by atoms with Gasteiger partial charge in [0, 0.05) is 16.0 Å². The summed E-state index contributed by atoms with van der Waals surface area (Å²) in [5.41, 5.74) is 2.47. The Hall–Kier alpha value is -1.62. The number of aromatic nitrogens is 1. The van der Waals surface area contributed by atoms with Gasteiger partial charge in [-0.25, -0.2) is 4.79 Å². The lowest BCUT2D eigenvalue weighted by Crippen LogP contribution is -2.04. The van der Waals surface area contributed by atoms with Crippen LogP contribution < -0.4 is 0 Å². The van der Waals surface area contributed by atoms with E-state index in [1.54, 1.807) is 0 Å². The maximum atomic E-state index is 11.7. The van der Waals surface area contributed by atoms with Gasteiger partial charge in [0.15, 0.2) is 5.76 Å². The molecular formula is C16H16BrNO3. The summed E-state index contributed by atoms with van der Waals surface area (Å²) in [6, 6.07) is 5.69. The highest BCUT2D eigenvalue weighted by Crippen LogP contribution is 2.39. The largest absolute Gasteiger partial charge is 0.477 e. The number of aryl methyl sites for hydroxylation is 1. The van der Waals surface area contributed by atoms with Crippen molar-refractivity contribution in [2.75, 3.05) is 0 Å². The molecule has 1 aliphatic rings. The molecule has 0 radical (unpaired) electrons. The Bertz CT molecular complexity index is 687. The van der Waals surface area contributed by atoms with E-state index in [2.05, 4.69) is 21.1 Å². The van der Waals surface area contributed by atoms with Crippen molar-refractivity contribution >= 4 is 21.9 Å². The van der Waals surface area contributed by atoms with Crippen molar-refractivity contribution in [1.82, 2.24) is 5.16 Å². The maximum absolute atomic E-state index is 11.7. The summed E-state index contributed by atoms with van der Waals surface area (Å²) >= 11 is 3.45. The normalized spacial score (nSPS) is 15.5. The molecule has 0 bridgehead atoms. The number of rotatable bonds is 3. The van der Waals surface area contributed by atoms with Gasteiger partial charge in [0.25, 0.3) is 0 Å². The summed E-state index contributed by atoms with van der Waals surface area (Å²) in [6.07, 6.45) is 4.21. The van der Waals surface area contributed by atoms with Crippen LogP contribution in [0.5, 0.6) is 0 Å². The highest BCUT2D eigenvalue weighted by molar-refractivity contribution is 9.10. The number of carboxylic acid groups (broad SMARTS) is 1. The molecule has 2 aromatic rings. The third-order valence-electron chi connectivity index (χ3n) is 4.09. The Morgan fingerprint density at radius 3 is 2.71 bits per heavy atom. The number of aromatic carboxylic acids is 1. The van der Waals surface area contributed by atoms with E-state index in [1.807, 2.05) is 25.1 Å². The van der Waals surface area contributed by atoms with E-state index < -0.39 is 5.97 Å². The molecule has 1 N–H and O–H groups in total. The zero-order valence-electron chi connectivity index (χ0n) is 11.7. The topological polar surface area (TPSA) is 63.3 Å².